The van der Waals surface area contributed by atoms with E-state index in [4.69, 9.17) is 0 Å². The zero-order valence-corrected chi connectivity index (χ0v) is 14.9. The molecule has 0 aliphatic carbocycles. The van der Waals surface area contributed by atoms with Crippen LogP contribution in [0.25, 0.3) is 0 Å². The maximum atomic E-state index is 12.7. The van der Waals surface area contributed by atoms with Crippen molar-refractivity contribution in [2.75, 3.05) is 13.1 Å². The molecule has 2 atom stereocenters. The zero-order valence-electron chi connectivity index (χ0n) is 14.9. The predicted octanol–water partition coefficient (Wildman–Crippen LogP) is 2.34. The number of nitrogens with zero attached hydrogens (tertiary/aromatic N) is 3. The van der Waals surface area contributed by atoms with Gasteiger partial charge in [0, 0.05) is 43.7 Å². The molecule has 0 unspecified atom stereocenters. The average Bonchev–Trinajstić information content (AvgIpc) is 2.67. The van der Waals surface area contributed by atoms with Crippen LogP contribution in [-0.4, -0.2) is 33.4 Å². The molecule has 0 saturated carbocycles. The second kappa shape index (κ2) is 6.98. The van der Waals surface area contributed by atoms with E-state index in [-0.39, 0.29) is 23.4 Å². The van der Waals surface area contributed by atoms with Crippen LogP contribution in [-0.2, 0) is 17.8 Å². The molecular formula is C20H21N3O4. The van der Waals surface area contributed by atoms with E-state index < -0.39 is 10.5 Å². The first-order valence-electron chi connectivity index (χ1n) is 9.22. The lowest BCUT2D eigenvalue weighted by Crippen LogP contribution is -2.49. The highest BCUT2D eigenvalue weighted by Crippen LogP contribution is 2.35. The smallest absolute Gasteiger partial charge is 0.334 e. The number of aromatic nitrogens is 1. The first-order valence-corrected chi connectivity index (χ1v) is 9.22. The van der Waals surface area contributed by atoms with Gasteiger partial charge in [0.05, 0.1) is 4.92 Å². The largest absolute Gasteiger partial charge is 0.342 e. The number of benzene rings is 1. The third-order valence-electron chi connectivity index (χ3n) is 5.60. The molecule has 4 rings (SSSR count). The number of likely N-dealkylation sites (tertiary alicyclic amines) is 1. The molecule has 0 radical (unpaired) electrons. The van der Waals surface area contributed by atoms with E-state index >= 15 is 0 Å². The Morgan fingerprint density at radius 2 is 1.89 bits per heavy atom. The molecule has 1 amide bonds. The van der Waals surface area contributed by atoms with Crippen molar-refractivity contribution in [2.24, 2.45) is 5.92 Å². The zero-order chi connectivity index (χ0) is 19.0. The molecule has 2 aliphatic rings. The average molecular weight is 367 g/mol. The fourth-order valence-corrected chi connectivity index (χ4v) is 4.33. The minimum atomic E-state index is -0.626. The summed E-state index contributed by atoms with van der Waals surface area (Å²) in [5.41, 5.74) is 1.04. The molecule has 2 aromatic rings. The maximum absolute atomic E-state index is 12.7. The SMILES string of the molecule is O=C(CCc1ccccc1)N1C[C@H]2C[C@@H](C1)c1ccc([N+](=O)[O-])c(=O)n1C2. The van der Waals surface area contributed by atoms with Gasteiger partial charge in [-0.3, -0.25) is 19.7 Å². The van der Waals surface area contributed by atoms with Gasteiger partial charge in [0.25, 0.3) is 0 Å². The molecular weight excluding hydrogens is 346 g/mol. The first kappa shape index (κ1) is 17.5. The lowest BCUT2D eigenvalue weighted by molar-refractivity contribution is -0.386. The fraction of sp³-hybridized carbons (Fsp3) is 0.400. The van der Waals surface area contributed by atoms with Gasteiger partial charge in [-0.15, -0.1) is 0 Å². The second-order valence-electron chi connectivity index (χ2n) is 7.40. The number of carbonyl (C=O) groups is 1. The highest BCUT2D eigenvalue weighted by atomic mass is 16.6. The van der Waals surface area contributed by atoms with Gasteiger partial charge < -0.3 is 9.47 Å². The van der Waals surface area contributed by atoms with Crippen LogP contribution in [0.3, 0.4) is 0 Å². The van der Waals surface area contributed by atoms with Crippen LogP contribution in [0.4, 0.5) is 5.69 Å². The number of amides is 1. The van der Waals surface area contributed by atoms with Crippen molar-refractivity contribution in [2.45, 2.75) is 31.7 Å². The van der Waals surface area contributed by atoms with E-state index in [9.17, 15) is 19.7 Å². The van der Waals surface area contributed by atoms with E-state index in [0.29, 0.717) is 32.5 Å². The summed E-state index contributed by atoms with van der Waals surface area (Å²) in [7, 11) is 0. The minimum absolute atomic E-state index is 0.0617. The van der Waals surface area contributed by atoms with Crippen molar-refractivity contribution in [1.82, 2.24) is 9.47 Å². The Balaban J connectivity index is 1.49. The number of pyridine rings is 1. The van der Waals surface area contributed by atoms with Crippen molar-refractivity contribution >= 4 is 11.6 Å². The molecule has 0 N–H and O–H groups in total. The summed E-state index contributed by atoms with van der Waals surface area (Å²) in [5, 5.41) is 11.0. The van der Waals surface area contributed by atoms with Crippen LogP contribution < -0.4 is 5.56 Å². The number of rotatable bonds is 4. The molecule has 1 aromatic heterocycles. The quantitative estimate of drug-likeness (QED) is 0.613. The number of nitro groups is 1. The number of fused-ring (bicyclic) bond motifs is 4. The van der Waals surface area contributed by atoms with E-state index in [2.05, 4.69) is 0 Å². The Morgan fingerprint density at radius 1 is 1.11 bits per heavy atom. The number of carbonyl (C=O) groups excluding carboxylic acids is 1. The monoisotopic (exact) mass is 367 g/mol. The van der Waals surface area contributed by atoms with Crippen LogP contribution in [0.2, 0.25) is 0 Å². The summed E-state index contributed by atoms with van der Waals surface area (Å²) < 4.78 is 1.54. The van der Waals surface area contributed by atoms with Crippen LogP contribution in [0.1, 0.15) is 30.0 Å². The molecule has 2 bridgehead atoms. The summed E-state index contributed by atoms with van der Waals surface area (Å²) in [6.45, 7) is 1.62. The van der Waals surface area contributed by atoms with Crippen LogP contribution >= 0.6 is 0 Å². The maximum Gasteiger partial charge on any atom is 0.334 e. The standard InChI is InChI=1S/C20H21N3O4/c24-19(9-6-14-4-2-1-3-5-14)21-11-15-10-16(13-21)17-7-8-18(23(26)27)20(25)22(17)12-15/h1-5,7-8,15-16H,6,9-13H2/t15-,16+/m1/s1. The van der Waals surface area contributed by atoms with Gasteiger partial charge in [0.15, 0.2) is 0 Å². The van der Waals surface area contributed by atoms with Crippen molar-refractivity contribution in [3.8, 4) is 0 Å². The third-order valence-corrected chi connectivity index (χ3v) is 5.60. The summed E-state index contributed by atoms with van der Waals surface area (Å²) in [6.07, 6.45) is 2.10. The van der Waals surface area contributed by atoms with Gasteiger partial charge in [-0.25, -0.2) is 0 Å². The number of aryl methyl sites for hydroxylation is 1. The predicted molar refractivity (Wildman–Crippen MR) is 99.5 cm³/mol. The number of piperidine rings is 1. The van der Waals surface area contributed by atoms with Crippen molar-refractivity contribution in [3.05, 3.63) is 74.2 Å². The van der Waals surface area contributed by atoms with E-state index in [1.165, 1.54) is 6.07 Å². The van der Waals surface area contributed by atoms with Crippen LogP contribution in [0, 0.1) is 16.0 Å². The van der Waals surface area contributed by atoms with E-state index in [1.807, 2.05) is 35.2 Å². The Morgan fingerprint density at radius 3 is 2.63 bits per heavy atom. The fourth-order valence-electron chi connectivity index (χ4n) is 4.33. The van der Waals surface area contributed by atoms with Crippen molar-refractivity contribution in [3.63, 3.8) is 0 Å². The van der Waals surface area contributed by atoms with Gasteiger partial charge in [0.1, 0.15) is 0 Å². The molecule has 0 spiro atoms. The summed E-state index contributed by atoms with van der Waals surface area (Å²) in [5.74, 6) is 0.356. The lowest BCUT2D eigenvalue weighted by Gasteiger charge is -2.42. The summed E-state index contributed by atoms with van der Waals surface area (Å²) >= 11 is 0. The van der Waals surface area contributed by atoms with Crippen LogP contribution in [0.5, 0.6) is 0 Å². The molecule has 3 heterocycles. The van der Waals surface area contributed by atoms with Crippen LogP contribution in [0.15, 0.2) is 47.3 Å². The molecule has 7 heteroatoms. The van der Waals surface area contributed by atoms with Gasteiger partial charge in [-0.05, 0) is 30.4 Å². The molecule has 27 heavy (non-hydrogen) atoms. The Bertz CT molecular complexity index is 938. The molecule has 2 aliphatic heterocycles. The Kier molecular flexibility index (Phi) is 4.51. The molecule has 1 aromatic carbocycles. The number of hydrogen-bond donors (Lipinski definition) is 0. The topological polar surface area (TPSA) is 85.5 Å². The van der Waals surface area contributed by atoms with Gasteiger partial charge >= 0.3 is 11.2 Å². The summed E-state index contributed by atoms with van der Waals surface area (Å²) in [4.78, 5) is 37.4. The Labute approximate surface area is 156 Å². The molecule has 7 nitrogen and oxygen atoms in total. The normalized spacial score (nSPS) is 20.8. The Hall–Kier alpha value is -2.96. The molecule has 1 fully saturated rings. The first-order chi connectivity index (χ1) is 13.0. The van der Waals surface area contributed by atoms with E-state index in [1.54, 1.807) is 10.6 Å². The van der Waals surface area contributed by atoms with Crippen molar-refractivity contribution in [1.29, 1.82) is 0 Å². The minimum Gasteiger partial charge on any atom is -0.342 e. The van der Waals surface area contributed by atoms with Gasteiger partial charge in [-0.1, -0.05) is 30.3 Å². The van der Waals surface area contributed by atoms with Crippen molar-refractivity contribution < 1.29 is 9.72 Å². The highest BCUT2D eigenvalue weighted by molar-refractivity contribution is 5.76. The van der Waals surface area contributed by atoms with Gasteiger partial charge in [0.2, 0.25) is 5.91 Å². The molecule has 1 saturated heterocycles. The summed E-state index contributed by atoms with van der Waals surface area (Å²) in [6, 6.07) is 12.9. The van der Waals surface area contributed by atoms with E-state index in [0.717, 1.165) is 17.7 Å². The molecule has 140 valence electrons. The third kappa shape index (κ3) is 3.37. The lowest BCUT2D eigenvalue weighted by atomic mass is 9.83. The van der Waals surface area contributed by atoms with Gasteiger partial charge in [-0.2, -0.15) is 0 Å². The number of hydrogen-bond acceptors (Lipinski definition) is 4. The second-order valence-corrected chi connectivity index (χ2v) is 7.40. The highest BCUT2D eigenvalue weighted by Gasteiger charge is 2.37.